The van der Waals surface area contributed by atoms with E-state index in [9.17, 15) is 4.79 Å². The second-order valence-corrected chi connectivity index (χ2v) is 10.0. The van der Waals surface area contributed by atoms with Crippen molar-refractivity contribution in [2.75, 3.05) is 50.2 Å². The van der Waals surface area contributed by atoms with Gasteiger partial charge in [0.05, 0.1) is 43.1 Å². The quantitative estimate of drug-likeness (QED) is 0.109. The maximum Gasteiger partial charge on any atom is 0.239 e. The maximum atomic E-state index is 10.4. The van der Waals surface area contributed by atoms with E-state index in [1.54, 1.807) is 60.7 Å². The van der Waals surface area contributed by atoms with Crippen LogP contribution < -0.4 is 9.80 Å². The topological polar surface area (TPSA) is 120 Å². The largest absolute Gasteiger partial charge is 0.395 e. The Morgan fingerprint density at radius 1 is 0.729 bits per heavy atom. The molecule has 4 rings (SSSR count). The lowest BCUT2D eigenvalue weighted by Gasteiger charge is -2.17. The number of aliphatic hydroxyl groups is 2. The predicted molar refractivity (Wildman–Crippen MR) is 193 cm³/mol. The molecule has 0 aliphatic rings. The number of carbonyl (C=O) groups excluding carboxylic acids is 1. The minimum atomic E-state index is 0. The Balaban J connectivity index is 0.000000391. The van der Waals surface area contributed by atoms with Gasteiger partial charge in [-0.1, -0.05) is 43.8 Å². The van der Waals surface area contributed by atoms with E-state index in [1.165, 1.54) is 0 Å². The molecule has 0 saturated carbocycles. The highest BCUT2D eigenvalue weighted by molar-refractivity contribution is 5.85. The highest BCUT2D eigenvalue weighted by atomic mass is 16.3. The van der Waals surface area contributed by atoms with Crippen molar-refractivity contribution in [3.05, 3.63) is 153 Å². The molecule has 0 heterocycles. The molecule has 0 amide bonds. The van der Waals surface area contributed by atoms with E-state index < -0.39 is 0 Å². The van der Waals surface area contributed by atoms with E-state index in [4.69, 9.17) is 33.9 Å². The van der Waals surface area contributed by atoms with Crippen molar-refractivity contribution in [3.8, 4) is 12.1 Å². The van der Waals surface area contributed by atoms with Gasteiger partial charge in [0.15, 0.2) is 5.70 Å². The zero-order chi connectivity index (χ0) is 34.4. The number of nitriles is 2. The van der Waals surface area contributed by atoms with Gasteiger partial charge < -0.3 is 24.9 Å². The van der Waals surface area contributed by atoms with Crippen LogP contribution in [0.4, 0.5) is 11.4 Å². The van der Waals surface area contributed by atoms with Crippen molar-refractivity contribution in [1.29, 1.82) is 10.5 Å². The number of aliphatic hydroxyl groups excluding tert-OH is 2. The van der Waals surface area contributed by atoms with E-state index >= 15 is 0 Å². The Labute approximate surface area is 284 Å². The number of anilines is 2. The van der Waals surface area contributed by atoms with Crippen LogP contribution in [0.3, 0.4) is 0 Å². The molecule has 0 aliphatic heterocycles. The number of carbonyl (C=O) groups is 1. The van der Waals surface area contributed by atoms with Crippen LogP contribution in [0.2, 0.25) is 0 Å². The fourth-order valence-electron chi connectivity index (χ4n) is 4.02. The maximum absolute atomic E-state index is 10.4. The SMILES string of the molecule is C.CN(CCO)c1ccc(C=O)cc1.[C-]#[N+]/C(=C\c1ccc(N(C)CCO)cc1)c1ccc(C#N)cc1.[C-]#[N+]Cc1ccc(C#N)cc1. The van der Waals surface area contributed by atoms with Crippen LogP contribution in [0, 0.1) is 35.8 Å². The van der Waals surface area contributed by atoms with Gasteiger partial charge in [-0.15, -0.1) is 0 Å². The molecule has 0 aliphatic carbocycles. The molecule has 4 aromatic rings. The van der Waals surface area contributed by atoms with Crippen molar-refractivity contribution < 1.29 is 15.0 Å². The normalized spacial score (nSPS) is 9.62. The summed E-state index contributed by atoms with van der Waals surface area (Å²) in [6, 6.07) is 33.2. The lowest BCUT2D eigenvalue weighted by molar-refractivity contribution is 0.112. The Hall–Kier alpha value is -6.23. The lowest BCUT2D eigenvalue weighted by atomic mass is 10.1. The molecule has 244 valence electrons. The average Bonchev–Trinajstić information content (AvgIpc) is 3.12. The summed E-state index contributed by atoms with van der Waals surface area (Å²) >= 11 is 0. The first-order chi connectivity index (χ1) is 22.8. The second kappa shape index (κ2) is 22.3. The van der Waals surface area contributed by atoms with Gasteiger partial charge in [0, 0.05) is 49.7 Å². The molecule has 4 aromatic carbocycles. The van der Waals surface area contributed by atoms with Crippen LogP contribution in [-0.2, 0) is 6.54 Å². The number of hydrogen-bond acceptors (Lipinski definition) is 7. The molecule has 2 N–H and O–H groups in total. The monoisotopic (exact) mass is 640 g/mol. The third-order valence-electron chi connectivity index (χ3n) is 6.75. The first-order valence-corrected chi connectivity index (χ1v) is 14.5. The standard InChI is InChI=1S/C19H17N3O.C10H13NO2.C9H6N2.CH4/c1-21-19(17-7-3-16(14-20)4-8-17)13-15-5-9-18(10-6-15)22(2)11-12-23;1-11(6-7-12)10-4-2-9(8-13)3-5-10;1-11-7-9-4-2-8(6-10)3-5-9;/h3-10,13,23H,11-12H2,2H3;2-5,8,12H,6-7H2,1H3;2-5H,7H2;1H4/b19-13-;;;. The smallest absolute Gasteiger partial charge is 0.239 e. The van der Waals surface area contributed by atoms with Crippen molar-refractivity contribution in [3.63, 3.8) is 0 Å². The van der Waals surface area contributed by atoms with Gasteiger partial charge in [0.25, 0.3) is 0 Å². The Bertz CT molecular complexity index is 1740. The molecule has 48 heavy (non-hydrogen) atoms. The van der Waals surface area contributed by atoms with Gasteiger partial charge in [-0.05, 0) is 77.9 Å². The summed E-state index contributed by atoms with van der Waals surface area (Å²) in [6.07, 6.45) is 2.64. The van der Waals surface area contributed by atoms with Gasteiger partial charge in [-0.25, -0.2) is 11.4 Å². The summed E-state index contributed by atoms with van der Waals surface area (Å²) < 4.78 is 0. The van der Waals surface area contributed by atoms with Crippen molar-refractivity contribution in [2.24, 2.45) is 0 Å². The summed E-state index contributed by atoms with van der Waals surface area (Å²) in [5.74, 6) is 0. The van der Waals surface area contributed by atoms with Gasteiger partial charge in [0.2, 0.25) is 6.54 Å². The minimum Gasteiger partial charge on any atom is -0.395 e. The average molecular weight is 641 g/mol. The fraction of sp³-hybridized carbons (Fsp3) is 0.205. The molecule has 0 aromatic heterocycles. The van der Waals surface area contributed by atoms with Crippen LogP contribution in [0.5, 0.6) is 0 Å². The molecule has 0 atom stereocenters. The third-order valence-corrected chi connectivity index (χ3v) is 6.75. The molecule has 9 heteroatoms. The Kier molecular flexibility index (Phi) is 18.5. The van der Waals surface area contributed by atoms with Crippen LogP contribution in [-0.4, -0.2) is 56.9 Å². The molecule has 0 spiro atoms. The second-order valence-electron chi connectivity index (χ2n) is 10.0. The van der Waals surface area contributed by atoms with E-state index in [0.29, 0.717) is 42.0 Å². The van der Waals surface area contributed by atoms with E-state index in [-0.39, 0.29) is 20.6 Å². The molecule has 0 fully saturated rings. The van der Waals surface area contributed by atoms with Gasteiger partial charge in [0.1, 0.15) is 6.29 Å². The fourth-order valence-corrected chi connectivity index (χ4v) is 4.02. The van der Waals surface area contributed by atoms with Gasteiger partial charge >= 0.3 is 0 Å². The molecular weight excluding hydrogens is 600 g/mol. The highest BCUT2D eigenvalue weighted by Crippen LogP contribution is 2.22. The Morgan fingerprint density at radius 3 is 1.54 bits per heavy atom. The summed E-state index contributed by atoms with van der Waals surface area (Å²) in [5, 5.41) is 34.9. The number of nitrogens with zero attached hydrogens (tertiary/aromatic N) is 6. The van der Waals surface area contributed by atoms with Crippen molar-refractivity contribution in [1.82, 2.24) is 0 Å². The summed E-state index contributed by atoms with van der Waals surface area (Å²) in [5.41, 5.74) is 7.11. The van der Waals surface area contributed by atoms with Crippen LogP contribution in [0.1, 0.15) is 45.6 Å². The van der Waals surface area contributed by atoms with Crippen LogP contribution >= 0.6 is 0 Å². The van der Waals surface area contributed by atoms with Crippen molar-refractivity contribution >= 4 is 29.4 Å². The van der Waals surface area contributed by atoms with Crippen LogP contribution in [0.25, 0.3) is 21.5 Å². The number of benzene rings is 4. The summed E-state index contributed by atoms with van der Waals surface area (Å²) in [6.45, 7) is 15.8. The molecule has 0 radical (unpaired) electrons. The molecule has 0 unspecified atom stereocenters. The number of aldehydes is 1. The van der Waals surface area contributed by atoms with E-state index in [0.717, 1.165) is 34.4 Å². The lowest BCUT2D eigenvalue weighted by Crippen LogP contribution is -2.20. The zero-order valence-corrected chi connectivity index (χ0v) is 26.4. The zero-order valence-electron chi connectivity index (χ0n) is 26.4. The van der Waals surface area contributed by atoms with E-state index in [1.807, 2.05) is 72.4 Å². The minimum absolute atomic E-state index is 0. The van der Waals surface area contributed by atoms with Crippen molar-refractivity contribution in [2.45, 2.75) is 14.0 Å². The van der Waals surface area contributed by atoms with Gasteiger partial charge in [-0.3, -0.25) is 4.79 Å². The number of likely N-dealkylation sites (N-methyl/N-ethyl adjacent to an activating group) is 2. The number of rotatable bonds is 10. The summed E-state index contributed by atoms with van der Waals surface area (Å²) in [7, 11) is 3.81. The first kappa shape index (κ1) is 39.8. The molecule has 0 saturated heterocycles. The molecular formula is C39H40N6O3. The molecule has 9 nitrogen and oxygen atoms in total. The van der Waals surface area contributed by atoms with Crippen LogP contribution in [0.15, 0.2) is 97.1 Å². The number of hydrogen-bond donors (Lipinski definition) is 2. The first-order valence-electron chi connectivity index (χ1n) is 14.5. The van der Waals surface area contributed by atoms with E-state index in [2.05, 4.69) is 15.8 Å². The third kappa shape index (κ3) is 13.4. The van der Waals surface area contributed by atoms with Gasteiger partial charge in [-0.2, -0.15) is 10.5 Å². The highest BCUT2D eigenvalue weighted by Gasteiger charge is 2.04. The molecule has 0 bridgehead atoms. The Morgan fingerprint density at radius 2 is 1.17 bits per heavy atom. The summed E-state index contributed by atoms with van der Waals surface area (Å²) in [4.78, 5) is 21.1. The predicted octanol–water partition coefficient (Wildman–Crippen LogP) is 6.95.